The fourth-order valence-electron chi connectivity index (χ4n) is 2.16. The number of unbranched alkanes of at least 4 members (excludes halogenated alkanes) is 1. The van der Waals surface area contributed by atoms with E-state index in [0.717, 1.165) is 19.4 Å². The summed E-state index contributed by atoms with van der Waals surface area (Å²) in [6.45, 7) is 7.54. The summed E-state index contributed by atoms with van der Waals surface area (Å²) in [7, 11) is 2.18. The highest BCUT2D eigenvalue weighted by atomic mass is 15.2. The van der Waals surface area contributed by atoms with Crippen LogP contribution in [-0.2, 0) is 0 Å². The minimum absolute atomic E-state index is 0.145. The lowest BCUT2D eigenvalue weighted by Crippen LogP contribution is -2.32. The Morgan fingerprint density at radius 1 is 1.44 bits per heavy atom. The summed E-state index contributed by atoms with van der Waals surface area (Å²) in [4.78, 5) is 2.37. The molecule has 0 bridgehead atoms. The van der Waals surface area contributed by atoms with Gasteiger partial charge in [-0.3, -0.25) is 0 Å². The number of likely N-dealkylation sites (N-methyl/N-ethyl adjacent to an activating group) is 1. The van der Waals surface area contributed by atoms with Gasteiger partial charge < -0.3 is 10.2 Å². The summed E-state index contributed by atoms with van der Waals surface area (Å²) in [6.07, 6.45) is 4.62. The summed E-state index contributed by atoms with van der Waals surface area (Å²) in [5, 5.41) is 12.5. The number of nitrogens with zero attached hydrogens (tertiary/aromatic N) is 2. The molecule has 0 aromatic rings. The van der Waals surface area contributed by atoms with Gasteiger partial charge in [0.05, 0.1) is 11.5 Å². The number of hydrogen-bond donors (Lipinski definition) is 1. The molecular formula is C13H25N3. The van der Waals surface area contributed by atoms with E-state index in [0.29, 0.717) is 6.04 Å². The molecule has 1 atom stereocenters. The molecule has 1 heterocycles. The summed E-state index contributed by atoms with van der Waals surface area (Å²) in [5.74, 6) is 0. The zero-order valence-electron chi connectivity index (χ0n) is 10.9. The molecule has 1 saturated heterocycles. The highest BCUT2D eigenvalue weighted by Crippen LogP contribution is 2.21. The Bertz CT molecular complexity index is 242. The van der Waals surface area contributed by atoms with Gasteiger partial charge in [0.25, 0.3) is 0 Å². The molecule has 0 aromatic carbocycles. The standard InChI is InChI=1S/C13H25N3/c1-13(2,11-14)7-4-5-8-15-12-6-9-16(3)10-12/h12,15H,4-10H2,1-3H3. The van der Waals surface area contributed by atoms with Crippen LogP contribution in [0.15, 0.2) is 0 Å². The number of nitriles is 1. The van der Waals surface area contributed by atoms with Gasteiger partial charge in [-0.25, -0.2) is 0 Å². The monoisotopic (exact) mass is 223 g/mol. The molecule has 92 valence electrons. The average molecular weight is 223 g/mol. The molecular weight excluding hydrogens is 198 g/mol. The Balaban J connectivity index is 1.99. The lowest BCUT2D eigenvalue weighted by atomic mass is 9.89. The average Bonchev–Trinajstić information content (AvgIpc) is 2.64. The Morgan fingerprint density at radius 2 is 2.19 bits per heavy atom. The summed E-state index contributed by atoms with van der Waals surface area (Å²) >= 11 is 0. The van der Waals surface area contributed by atoms with Gasteiger partial charge in [-0.05, 0) is 53.2 Å². The molecule has 1 unspecified atom stereocenters. The second kappa shape index (κ2) is 6.22. The summed E-state index contributed by atoms with van der Waals surface area (Å²) in [6, 6.07) is 3.04. The van der Waals surface area contributed by atoms with Crippen LogP contribution in [0.3, 0.4) is 0 Å². The Kier molecular flexibility index (Phi) is 5.24. The molecule has 0 aliphatic carbocycles. The Labute approximate surface area is 99.8 Å². The van der Waals surface area contributed by atoms with Crippen LogP contribution in [0.4, 0.5) is 0 Å². The molecule has 1 aliphatic heterocycles. The molecule has 1 fully saturated rings. The van der Waals surface area contributed by atoms with E-state index >= 15 is 0 Å². The molecule has 0 radical (unpaired) electrons. The van der Waals surface area contributed by atoms with Crippen LogP contribution in [-0.4, -0.2) is 37.6 Å². The molecule has 3 nitrogen and oxygen atoms in total. The van der Waals surface area contributed by atoms with Crippen LogP contribution >= 0.6 is 0 Å². The van der Waals surface area contributed by atoms with Crippen molar-refractivity contribution in [2.45, 2.75) is 45.6 Å². The van der Waals surface area contributed by atoms with Crippen molar-refractivity contribution < 1.29 is 0 Å². The van der Waals surface area contributed by atoms with Crippen molar-refractivity contribution in [3.63, 3.8) is 0 Å². The summed E-state index contributed by atoms with van der Waals surface area (Å²) in [5.41, 5.74) is -0.145. The largest absolute Gasteiger partial charge is 0.313 e. The normalized spacial score (nSPS) is 22.2. The minimum atomic E-state index is -0.145. The maximum absolute atomic E-state index is 8.88. The van der Waals surface area contributed by atoms with Gasteiger partial charge in [0.1, 0.15) is 0 Å². The predicted octanol–water partition coefficient (Wildman–Crippen LogP) is 2.00. The quantitative estimate of drug-likeness (QED) is 0.700. The third kappa shape index (κ3) is 4.96. The van der Waals surface area contributed by atoms with Crippen LogP contribution in [0, 0.1) is 16.7 Å². The smallest absolute Gasteiger partial charge is 0.0683 e. The van der Waals surface area contributed by atoms with Crippen LogP contribution in [0.25, 0.3) is 0 Å². The lowest BCUT2D eigenvalue weighted by molar-refractivity contribution is 0.390. The molecule has 3 heteroatoms. The van der Waals surface area contributed by atoms with Crippen LogP contribution < -0.4 is 5.32 Å². The number of likely N-dealkylation sites (tertiary alicyclic amines) is 1. The van der Waals surface area contributed by atoms with E-state index in [1.807, 2.05) is 13.8 Å². The first kappa shape index (κ1) is 13.5. The first-order valence-electron chi connectivity index (χ1n) is 6.37. The van der Waals surface area contributed by atoms with E-state index in [-0.39, 0.29) is 5.41 Å². The Morgan fingerprint density at radius 3 is 2.75 bits per heavy atom. The molecule has 1 N–H and O–H groups in total. The SMILES string of the molecule is CN1CCC(NCCCCC(C)(C)C#N)C1. The van der Waals surface area contributed by atoms with Crippen LogP contribution in [0.1, 0.15) is 39.5 Å². The van der Waals surface area contributed by atoms with Crippen molar-refractivity contribution >= 4 is 0 Å². The van der Waals surface area contributed by atoms with Gasteiger partial charge in [0.15, 0.2) is 0 Å². The topological polar surface area (TPSA) is 39.1 Å². The third-order valence-corrected chi connectivity index (χ3v) is 3.36. The molecule has 1 rings (SSSR count). The van der Waals surface area contributed by atoms with E-state index in [2.05, 4.69) is 23.3 Å². The molecule has 0 spiro atoms. The fraction of sp³-hybridized carbons (Fsp3) is 0.923. The van der Waals surface area contributed by atoms with E-state index in [1.165, 1.54) is 25.9 Å². The molecule has 16 heavy (non-hydrogen) atoms. The van der Waals surface area contributed by atoms with Gasteiger partial charge in [0, 0.05) is 12.6 Å². The number of rotatable bonds is 6. The predicted molar refractivity (Wildman–Crippen MR) is 67.1 cm³/mol. The van der Waals surface area contributed by atoms with E-state index in [4.69, 9.17) is 5.26 Å². The van der Waals surface area contributed by atoms with E-state index < -0.39 is 0 Å². The highest BCUT2D eigenvalue weighted by molar-refractivity contribution is 4.91. The second-order valence-corrected chi connectivity index (χ2v) is 5.65. The summed E-state index contributed by atoms with van der Waals surface area (Å²) < 4.78 is 0. The van der Waals surface area contributed by atoms with Crippen molar-refractivity contribution in [3.8, 4) is 6.07 Å². The number of hydrogen-bond acceptors (Lipinski definition) is 3. The van der Waals surface area contributed by atoms with Crippen LogP contribution in [0.2, 0.25) is 0 Å². The van der Waals surface area contributed by atoms with E-state index in [1.54, 1.807) is 0 Å². The van der Waals surface area contributed by atoms with Crippen molar-refractivity contribution in [3.05, 3.63) is 0 Å². The molecule has 0 aromatic heterocycles. The van der Waals surface area contributed by atoms with Gasteiger partial charge in [-0.1, -0.05) is 6.42 Å². The van der Waals surface area contributed by atoms with Gasteiger partial charge in [0.2, 0.25) is 0 Å². The van der Waals surface area contributed by atoms with Gasteiger partial charge in [-0.15, -0.1) is 0 Å². The first-order chi connectivity index (χ1) is 7.53. The lowest BCUT2D eigenvalue weighted by Gasteiger charge is -2.16. The number of nitrogens with one attached hydrogen (secondary N) is 1. The highest BCUT2D eigenvalue weighted by Gasteiger charge is 2.18. The van der Waals surface area contributed by atoms with E-state index in [9.17, 15) is 0 Å². The molecule has 1 aliphatic rings. The van der Waals surface area contributed by atoms with Crippen LogP contribution in [0.5, 0.6) is 0 Å². The third-order valence-electron chi connectivity index (χ3n) is 3.36. The Hall–Kier alpha value is -0.590. The maximum Gasteiger partial charge on any atom is 0.0683 e. The van der Waals surface area contributed by atoms with Crippen molar-refractivity contribution in [1.82, 2.24) is 10.2 Å². The molecule has 0 amide bonds. The zero-order valence-corrected chi connectivity index (χ0v) is 10.9. The zero-order chi connectivity index (χ0) is 12.0. The minimum Gasteiger partial charge on any atom is -0.313 e. The van der Waals surface area contributed by atoms with Crippen molar-refractivity contribution in [1.29, 1.82) is 5.26 Å². The first-order valence-corrected chi connectivity index (χ1v) is 6.37. The second-order valence-electron chi connectivity index (χ2n) is 5.65. The van der Waals surface area contributed by atoms with Gasteiger partial charge in [-0.2, -0.15) is 5.26 Å². The fourth-order valence-corrected chi connectivity index (χ4v) is 2.16. The van der Waals surface area contributed by atoms with Crippen molar-refractivity contribution in [2.24, 2.45) is 5.41 Å². The molecule has 0 saturated carbocycles. The van der Waals surface area contributed by atoms with Crippen molar-refractivity contribution in [2.75, 3.05) is 26.7 Å². The van der Waals surface area contributed by atoms with Gasteiger partial charge >= 0.3 is 0 Å². The maximum atomic E-state index is 8.88.